The van der Waals surface area contributed by atoms with E-state index in [4.69, 9.17) is 10.5 Å². The van der Waals surface area contributed by atoms with Crippen LogP contribution in [-0.2, 0) is 0 Å². The fourth-order valence-corrected chi connectivity index (χ4v) is 2.39. The van der Waals surface area contributed by atoms with Crippen molar-refractivity contribution in [2.24, 2.45) is 0 Å². The second-order valence-electron chi connectivity index (χ2n) is 4.66. The van der Waals surface area contributed by atoms with Gasteiger partial charge >= 0.3 is 0 Å². The summed E-state index contributed by atoms with van der Waals surface area (Å²) in [7, 11) is 0. The Morgan fingerprint density at radius 3 is 2.74 bits per heavy atom. The van der Waals surface area contributed by atoms with Crippen molar-refractivity contribution in [1.29, 1.82) is 0 Å². The van der Waals surface area contributed by atoms with Crippen molar-refractivity contribution in [2.75, 3.05) is 11.1 Å². The molecule has 19 heavy (non-hydrogen) atoms. The number of nitrogens with zero attached hydrogens (tertiary/aromatic N) is 1. The molecule has 1 unspecified atom stereocenters. The van der Waals surface area contributed by atoms with E-state index in [2.05, 4.69) is 17.2 Å². The van der Waals surface area contributed by atoms with E-state index in [0.717, 1.165) is 10.7 Å². The normalized spacial score (nSPS) is 12.4. The molecule has 2 aromatic rings. The van der Waals surface area contributed by atoms with Crippen LogP contribution in [0, 0.1) is 0 Å². The van der Waals surface area contributed by atoms with Gasteiger partial charge in [0, 0.05) is 23.3 Å². The Morgan fingerprint density at radius 2 is 2.11 bits per heavy atom. The molecule has 0 saturated carbocycles. The molecule has 0 amide bonds. The summed E-state index contributed by atoms with van der Waals surface area (Å²) in [6.07, 6.45) is 1.92. The minimum absolute atomic E-state index is 0.105. The average Bonchev–Trinajstić information content (AvgIpc) is 2.86. The quantitative estimate of drug-likeness (QED) is 0.818. The summed E-state index contributed by atoms with van der Waals surface area (Å²) in [6, 6.07) is 5.90. The fourth-order valence-electron chi connectivity index (χ4n) is 1.74. The lowest BCUT2D eigenvalue weighted by Gasteiger charge is -2.16. The summed E-state index contributed by atoms with van der Waals surface area (Å²) in [4.78, 5) is 4.30. The van der Waals surface area contributed by atoms with Gasteiger partial charge in [-0.2, -0.15) is 0 Å². The van der Waals surface area contributed by atoms with Gasteiger partial charge in [0.2, 0.25) is 0 Å². The molecule has 5 heteroatoms. The predicted molar refractivity (Wildman–Crippen MR) is 80.8 cm³/mol. The molecule has 0 aliphatic carbocycles. The number of benzene rings is 1. The summed E-state index contributed by atoms with van der Waals surface area (Å²) in [5, 5.41) is 6.43. The molecule has 1 atom stereocenters. The number of ether oxygens (including phenoxy) is 1. The molecule has 1 aromatic heterocycles. The second kappa shape index (κ2) is 5.93. The van der Waals surface area contributed by atoms with E-state index in [1.165, 1.54) is 0 Å². The summed E-state index contributed by atoms with van der Waals surface area (Å²) in [5.41, 5.74) is 7.53. The number of hydrogen-bond acceptors (Lipinski definition) is 5. The molecule has 0 radical (unpaired) electrons. The number of nitrogen functional groups attached to an aromatic ring is 1. The molecule has 0 aliphatic rings. The minimum atomic E-state index is 0.105. The monoisotopic (exact) mass is 277 g/mol. The van der Waals surface area contributed by atoms with E-state index in [0.29, 0.717) is 11.4 Å². The Balaban J connectivity index is 2.12. The van der Waals surface area contributed by atoms with Gasteiger partial charge in [-0.05, 0) is 32.9 Å². The standard InChI is InChI=1S/C14H19N3OS/c1-9(2)18-13-8-11(4-5-12(13)15)17-10(3)14-16-6-7-19-14/h4-10,17H,15H2,1-3H3. The van der Waals surface area contributed by atoms with E-state index in [1.54, 1.807) is 11.3 Å². The van der Waals surface area contributed by atoms with Crippen molar-refractivity contribution in [1.82, 2.24) is 4.98 Å². The van der Waals surface area contributed by atoms with Gasteiger partial charge in [0.25, 0.3) is 0 Å². The molecule has 1 aromatic carbocycles. The molecule has 0 fully saturated rings. The van der Waals surface area contributed by atoms with Gasteiger partial charge in [0.1, 0.15) is 10.8 Å². The van der Waals surface area contributed by atoms with Crippen molar-refractivity contribution in [3.05, 3.63) is 34.8 Å². The zero-order valence-electron chi connectivity index (χ0n) is 11.4. The maximum Gasteiger partial charge on any atom is 0.144 e. The lowest BCUT2D eigenvalue weighted by Crippen LogP contribution is -2.09. The number of hydrogen-bond donors (Lipinski definition) is 2. The summed E-state index contributed by atoms with van der Waals surface area (Å²) < 4.78 is 5.68. The number of nitrogens with two attached hydrogens (primary N) is 1. The zero-order valence-corrected chi connectivity index (χ0v) is 12.2. The molecular formula is C14H19N3OS. The fraction of sp³-hybridized carbons (Fsp3) is 0.357. The summed E-state index contributed by atoms with van der Waals surface area (Å²) in [5.74, 6) is 0.714. The van der Waals surface area contributed by atoms with Crippen LogP contribution < -0.4 is 15.8 Å². The smallest absolute Gasteiger partial charge is 0.144 e. The molecule has 1 heterocycles. The topological polar surface area (TPSA) is 60.2 Å². The van der Waals surface area contributed by atoms with Crippen LogP contribution in [0.1, 0.15) is 31.8 Å². The van der Waals surface area contributed by atoms with Crippen LogP contribution in [0.4, 0.5) is 11.4 Å². The molecule has 0 bridgehead atoms. The third-order valence-electron chi connectivity index (χ3n) is 2.58. The molecule has 102 valence electrons. The Morgan fingerprint density at radius 1 is 1.32 bits per heavy atom. The maximum atomic E-state index is 5.90. The van der Waals surface area contributed by atoms with Crippen LogP contribution in [0.25, 0.3) is 0 Å². The molecule has 2 rings (SSSR count). The van der Waals surface area contributed by atoms with Crippen LogP contribution in [0.3, 0.4) is 0 Å². The molecule has 4 nitrogen and oxygen atoms in total. The first kappa shape index (κ1) is 13.7. The highest BCUT2D eigenvalue weighted by Gasteiger charge is 2.10. The predicted octanol–water partition coefficient (Wildman–Crippen LogP) is 3.69. The number of thiazole rings is 1. The Hall–Kier alpha value is -1.75. The molecular weight excluding hydrogens is 258 g/mol. The molecule has 0 aliphatic heterocycles. The molecule has 0 spiro atoms. The third kappa shape index (κ3) is 3.61. The molecule has 0 saturated heterocycles. The highest BCUT2D eigenvalue weighted by molar-refractivity contribution is 7.09. The van der Waals surface area contributed by atoms with E-state index >= 15 is 0 Å². The van der Waals surface area contributed by atoms with Crippen LogP contribution >= 0.6 is 11.3 Å². The Bertz CT molecular complexity index is 525. The van der Waals surface area contributed by atoms with Gasteiger partial charge in [0.15, 0.2) is 0 Å². The number of rotatable bonds is 5. The van der Waals surface area contributed by atoms with Crippen molar-refractivity contribution >= 4 is 22.7 Å². The van der Waals surface area contributed by atoms with Gasteiger partial charge in [-0.3, -0.25) is 0 Å². The van der Waals surface area contributed by atoms with Gasteiger partial charge in [0.05, 0.1) is 17.8 Å². The largest absolute Gasteiger partial charge is 0.489 e. The van der Waals surface area contributed by atoms with Crippen LogP contribution in [0.15, 0.2) is 29.8 Å². The first-order valence-electron chi connectivity index (χ1n) is 6.28. The van der Waals surface area contributed by atoms with Crippen molar-refractivity contribution < 1.29 is 4.74 Å². The number of aromatic nitrogens is 1. The van der Waals surface area contributed by atoms with Gasteiger partial charge in [-0.1, -0.05) is 0 Å². The van der Waals surface area contributed by atoms with Crippen LogP contribution in [0.2, 0.25) is 0 Å². The Labute approximate surface area is 117 Å². The lowest BCUT2D eigenvalue weighted by atomic mass is 10.2. The maximum absolute atomic E-state index is 5.90. The zero-order chi connectivity index (χ0) is 13.8. The first-order valence-corrected chi connectivity index (χ1v) is 7.16. The average molecular weight is 277 g/mol. The van der Waals surface area contributed by atoms with E-state index < -0.39 is 0 Å². The van der Waals surface area contributed by atoms with Crippen molar-refractivity contribution in [3.8, 4) is 5.75 Å². The van der Waals surface area contributed by atoms with Crippen LogP contribution in [0.5, 0.6) is 5.75 Å². The first-order chi connectivity index (χ1) is 9.06. The van der Waals surface area contributed by atoms with Crippen LogP contribution in [-0.4, -0.2) is 11.1 Å². The highest BCUT2D eigenvalue weighted by Crippen LogP contribution is 2.29. The van der Waals surface area contributed by atoms with Crippen molar-refractivity contribution in [2.45, 2.75) is 32.9 Å². The lowest BCUT2D eigenvalue weighted by molar-refractivity contribution is 0.244. The van der Waals surface area contributed by atoms with Crippen molar-refractivity contribution in [3.63, 3.8) is 0 Å². The number of nitrogens with one attached hydrogen (secondary N) is 1. The van der Waals surface area contributed by atoms with E-state index in [9.17, 15) is 0 Å². The highest BCUT2D eigenvalue weighted by atomic mass is 32.1. The Kier molecular flexibility index (Phi) is 4.27. The second-order valence-corrected chi connectivity index (χ2v) is 5.58. The summed E-state index contributed by atoms with van der Waals surface area (Å²) in [6.45, 7) is 6.05. The van der Waals surface area contributed by atoms with Gasteiger partial charge in [-0.15, -0.1) is 11.3 Å². The SMILES string of the molecule is CC(C)Oc1cc(NC(C)c2nccs2)ccc1N. The number of anilines is 2. The summed E-state index contributed by atoms with van der Waals surface area (Å²) >= 11 is 1.64. The van der Waals surface area contributed by atoms with Gasteiger partial charge < -0.3 is 15.8 Å². The third-order valence-corrected chi connectivity index (χ3v) is 3.54. The minimum Gasteiger partial charge on any atom is -0.489 e. The van der Waals surface area contributed by atoms with E-state index in [1.807, 2.05) is 43.6 Å². The van der Waals surface area contributed by atoms with E-state index in [-0.39, 0.29) is 12.1 Å². The van der Waals surface area contributed by atoms with Gasteiger partial charge in [-0.25, -0.2) is 4.98 Å². The molecule has 3 N–H and O–H groups in total.